The Morgan fingerprint density at radius 3 is 2.68 bits per heavy atom. The molecule has 4 nitrogen and oxygen atoms in total. The van der Waals surface area contributed by atoms with E-state index in [1.807, 2.05) is 0 Å². The number of rotatable bonds is 9. The van der Waals surface area contributed by atoms with Crippen LogP contribution in [0.15, 0.2) is 52.1 Å². The van der Waals surface area contributed by atoms with Gasteiger partial charge in [0.25, 0.3) is 5.22 Å². The van der Waals surface area contributed by atoms with Crippen LogP contribution in [0.4, 0.5) is 4.39 Å². The van der Waals surface area contributed by atoms with Crippen molar-refractivity contribution in [3.8, 4) is 11.5 Å². The summed E-state index contributed by atoms with van der Waals surface area (Å²) in [6.07, 6.45) is 4.67. The summed E-state index contributed by atoms with van der Waals surface area (Å²) in [6.45, 7) is 2.13. The van der Waals surface area contributed by atoms with Gasteiger partial charge in [0.2, 0.25) is 5.89 Å². The van der Waals surface area contributed by atoms with Gasteiger partial charge >= 0.3 is 0 Å². The highest BCUT2D eigenvalue weighted by atomic mass is 35.5. The zero-order valence-electron chi connectivity index (χ0n) is 15.4. The zero-order valence-corrected chi connectivity index (χ0v) is 17.0. The first-order valence-corrected chi connectivity index (χ1v) is 10.4. The second-order valence-electron chi connectivity index (χ2n) is 6.36. The Kier molecular flexibility index (Phi) is 7.23. The van der Waals surface area contributed by atoms with Crippen LogP contribution in [-0.4, -0.2) is 16.5 Å². The summed E-state index contributed by atoms with van der Waals surface area (Å²) in [5.41, 5.74) is 1.84. The van der Waals surface area contributed by atoms with E-state index in [9.17, 15) is 9.18 Å². The summed E-state index contributed by atoms with van der Waals surface area (Å²) in [5, 5.41) is 8.49. The van der Waals surface area contributed by atoms with E-state index in [2.05, 4.69) is 17.1 Å². The highest BCUT2D eigenvalue weighted by Gasteiger charge is 2.22. The largest absolute Gasteiger partial charge is 0.411 e. The molecule has 0 saturated carbocycles. The lowest BCUT2D eigenvalue weighted by atomic mass is 10.1. The lowest BCUT2D eigenvalue weighted by Crippen LogP contribution is -1.99. The van der Waals surface area contributed by atoms with E-state index in [-0.39, 0.29) is 10.3 Å². The van der Waals surface area contributed by atoms with E-state index in [1.54, 1.807) is 42.5 Å². The van der Waals surface area contributed by atoms with Crippen molar-refractivity contribution < 1.29 is 13.6 Å². The molecule has 0 aliphatic heterocycles. The highest BCUT2D eigenvalue weighted by molar-refractivity contribution is 7.99. The fourth-order valence-corrected chi connectivity index (χ4v) is 4.06. The molecule has 0 amide bonds. The molecule has 1 aromatic heterocycles. The van der Waals surface area contributed by atoms with Gasteiger partial charge in [0.15, 0.2) is 0 Å². The lowest BCUT2D eigenvalue weighted by Gasteiger charge is -2.16. The summed E-state index contributed by atoms with van der Waals surface area (Å²) >= 11 is 7.31. The molecule has 0 fully saturated rings. The smallest absolute Gasteiger partial charge is 0.277 e. The topological polar surface area (TPSA) is 56.0 Å². The molecule has 28 heavy (non-hydrogen) atoms. The minimum atomic E-state index is -0.401. The molecule has 1 atom stereocenters. The fraction of sp³-hybridized carbons (Fsp3) is 0.286. The molecule has 0 saturated heterocycles. The van der Waals surface area contributed by atoms with Crippen LogP contribution in [0.25, 0.3) is 11.5 Å². The number of aromatic nitrogens is 2. The van der Waals surface area contributed by atoms with E-state index < -0.39 is 5.82 Å². The maximum atomic E-state index is 14.6. The van der Waals surface area contributed by atoms with Gasteiger partial charge in [-0.1, -0.05) is 73.8 Å². The maximum absolute atomic E-state index is 14.6. The Morgan fingerprint density at radius 2 is 1.96 bits per heavy atom. The number of nitrogens with zero attached hydrogens (tertiary/aromatic N) is 2. The van der Waals surface area contributed by atoms with Crippen LogP contribution < -0.4 is 0 Å². The standard InChI is InChI=1S/C21H20ClFN2O2S/c1-2-3-4-8-18(16-6-5-7-17(22)19(16)23)28-21-25-24-20(27-21)15-11-9-14(13-26)10-12-15/h5-7,9-13,18H,2-4,8H2,1H3. The van der Waals surface area contributed by atoms with Gasteiger partial charge in [-0.15, -0.1) is 10.2 Å². The van der Waals surface area contributed by atoms with E-state index in [1.165, 1.54) is 11.8 Å². The first kappa shape index (κ1) is 20.6. The predicted octanol–water partition coefficient (Wildman–Crippen LogP) is 6.76. The second kappa shape index (κ2) is 9.85. The number of aldehydes is 1. The Morgan fingerprint density at radius 1 is 1.18 bits per heavy atom. The minimum Gasteiger partial charge on any atom is -0.411 e. The monoisotopic (exact) mass is 418 g/mol. The summed E-state index contributed by atoms with van der Waals surface area (Å²) in [5.74, 6) is -0.0406. The van der Waals surface area contributed by atoms with Crippen molar-refractivity contribution >= 4 is 29.6 Å². The van der Waals surface area contributed by atoms with Gasteiger partial charge in [-0.05, 0) is 24.6 Å². The van der Waals surface area contributed by atoms with Gasteiger partial charge in [0.1, 0.15) is 12.1 Å². The SMILES string of the molecule is CCCCCC(Sc1nnc(-c2ccc(C=O)cc2)o1)c1cccc(Cl)c1F. The number of hydrogen-bond acceptors (Lipinski definition) is 5. The summed E-state index contributed by atoms with van der Waals surface area (Å²) in [4.78, 5) is 10.8. The van der Waals surface area contributed by atoms with Crippen LogP contribution in [0.5, 0.6) is 0 Å². The lowest BCUT2D eigenvalue weighted by molar-refractivity contribution is 0.112. The molecular weight excluding hydrogens is 399 g/mol. The molecule has 1 unspecified atom stereocenters. The number of thioether (sulfide) groups is 1. The van der Waals surface area contributed by atoms with Gasteiger partial charge in [0.05, 0.1) is 5.02 Å². The zero-order chi connectivity index (χ0) is 19.9. The molecule has 1 heterocycles. The third kappa shape index (κ3) is 5.00. The van der Waals surface area contributed by atoms with Crippen LogP contribution in [0.2, 0.25) is 5.02 Å². The molecule has 0 radical (unpaired) electrons. The number of hydrogen-bond donors (Lipinski definition) is 0. The molecule has 0 aliphatic rings. The quantitative estimate of drug-likeness (QED) is 0.218. The van der Waals surface area contributed by atoms with E-state index in [0.29, 0.717) is 22.2 Å². The van der Waals surface area contributed by atoms with Crippen molar-refractivity contribution in [2.24, 2.45) is 0 Å². The maximum Gasteiger partial charge on any atom is 0.277 e. The fourth-order valence-electron chi connectivity index (χ4n) is 2.83. The average molecular weight is 419 g/mol. The molecular formula is C21H20ClFN2O2S. The first-order valence-electron chi connectivity index (χ1n) is 9.12. The van der Waals surface area contributed by atoms with Gasteiger partial charge in [-0.3, -0.25) is 4.79 Å². The molecule has 2 aromatic carbocycles. The van der Waals surface area contributed by atoms with Crippen molar-refractivity contribution in [3.05, 3.63) is 64.4 Å². The Balaban J connectivity index is 1.81. The van der Waals surface area contributed by atoms with Gasteiger partial charge in [-0.25, -0.2) is 4.39 Å². The van der Waals surface area contributed by atoms with Gasteiger partial charge in [0, 0.05) is 21.9 Å². The number of benzene rings is 2. The summed E-state index contributed by atoms with van der Waals surface area (Å²) < 4.78 is 20.3. The van der Waals surface area contributed by atoms with E-state index in [4.69, 9.17) is 16.0 Å². The average Bonchev–Trinajstić information content (AvgIpc) is 3.18. The van der Waals surface area contributed by atoms with E-state index in [0.717, 1.165) is 37.5 Å². The third-order valence-electron chi connectivity index (χ3n) is 4.34. The van der Waals surface area contributed by atoms with Gasteiger partial charge < -0.3 is 4.42 Å². The minimum absolute atomic E-state index is 0.111. The van der Waals surface area contributed by atoms with Crippen molar-refractivity contribution in [3.63, 3.8) is 0 Å². The highest BCUT2D eigenvalue weighted by Crippen LogP contribution is 2.41. The van der Waals surface area contributed by atoms with E-state index >= 15 is 0 Å². The molecule has 7 heteroatoms. The van der Waals surface area contributed by atoms with Crippen LogP contribution in [0, 0.1) is 5.82 Å². The number of unbranched alkanes of at least 4 members (excludes halogenated alkanes) is 2. The molecule has 3 aromatic rings. The molecule has 146 valence electrons. The normalized spacial score (nSPS) is 12.1. The molecule has 0 aliphatic carbocycles. The molecule has 0 bridgehead atoms. The summed E-state index contributed by atoms with van der Waals surface area (Å²) in [6, 6.07) is 11.9. The van der Waals surface area contributed by atoms with Crippen LogP contribution in [0.3, 0.4) is 0 Å². The molecule has 0 spiro atoms. The van der Waals surface area contributed by atoms with Crippen molar-refractivity contribution in [2.45, 2.75) is 43.1 Å². The Bertz CT molecular complexity index is 930. The number of carbonyl (C=O) groups is 1. The van der Waals surface area contributed by atoms with Crippen LogP contribution in [-0.2, 0) is 0 Å². The predicted molar refractivity (Wildman–Crippen MR) is 109 cm³/mol. The van der Waals surface area contributed by atoms with Crippen molar-refractivity contribution in [2.75, 3.05) is 0 Å². The van der Waals surface area contributed by atoms with Crippen molar-refractivity contribution in [1.82, 2.24) is 10.2 Å². The van der Waals surface area contributed by atoms with Crippen molar-refractivity contribution in [1.29, 1.82) is 0 Å². The Labute approximate surface area is 172 Å². The van der Waals surface area contributed by atoms with Crippen LogP contribution >= 0.6 is 23.4 Å². The molecule has 3 rings (SSSR count). The second-order valence-corrected chi connectivity index (χ2v) is 7.92. The molecule has 0 N–H and O–H groups in total. The van der Waals surface area contributed by atoms with Gasteiger partial charge in [-0.2, -0.15) is 0 Å². The summed E-state index contributed by atoms with van der Waals surface area (Å²) in [7, 11) is 0. The number of carbonyl (C=O) groups excluding carboxylic acids is 1. The Hall–Kier alpha value is -2.18. The first-order chi connectivity index (χ1) is 13.6. The third-order valence-corrected chi connectivity index (χ3v) is 5.77. The number of halogens is 2. The van der Waals surface area contributed by atoms with Crippen LogP contribution in [0.1, 0.15) is 53.8 Å².